The van der Waals surface area contributed by atoms with Crippen molar-refractivity contribution in [1.29, 1.82) is 0 Å². The van der Waals surface area contributed by atoms with Gasteiger partial charge in [-0.2, -0.15) is 0 Å². The fourth-order valence-electron chi connectivity index (χ4n) is 2.16. The van der Waals surface area contributed by atoms with Crippen LogP contribution in [0.5, 0.6) is 5.75 Å². The molecule has 0 amide bonds. The molecule has 1 aliphatic rings. The zero-order valence-electron chi connectivity index (χ0n) is 8.67. The van der Waals surface area contributed by atoms with Gasteiger partial charge in [-0.25, -0.2) is 0 Å². The molecular formula is C13H12O2S. The third-order valence-electron chi connectivity index (χ3n) is 2.88. The molecule has 2 heterocycles. The number of para-hydroxylation sites is 1. The molecule has 2 atom stereocenters. The summed E-state index contributed by atoms with van der Waals surface area (Å²) in [5.41, 5.74) is 1.18. The van der Waals surface area contributed by atoms with Gasteiger partial charge in [0.05, 0.1) is 0 Å². The molecule has 3 heteroatoms. The van der Waals surface area contributed by atoms with Crippen molar-refractivity contribution >= 4 is 11.3 Å². The van der Waals surface area contributed by atoms with Crippen LogP contribution >= 0.6 is 11.3 Å². The van der Waals surface area contributed by atoms with Crippen molar-refractivity contribution in [2.24, 2.45) is 0 Å². The zero-order valence-corrected chi connectivity index (χ0v) is 9.48. The van der Waals surface area contributed by atoms with E-state index in [1.54, 1.807) is 11.3 Å². The summed E-state index contributed by atoms with van der Waals surface area (Å²) in [6, 6.07) is 12.1. The number of hydrogen-bond donors (Lipinski definition) is 1. The van der Waals surface area contributed by atoms with E-state index >= 15 is 0 Å². The minimum atomic E-state index is -0.693. The molecule has 2 aromatic rings. The molecular weight excluding hydrogens is 220 g/mol. The molecule has 0 saturated carbocycles. The Balaban J connectivity index is 2.07. The third kappa shape index (κ3) is 1.62. The van der Waals surface area contributed by atoms with Crippen molar-refractivity contribution in [2.45, 2.75) is 18.6 Å². The number of ether oxygens (including phenoxy) is 1. The van der Waals surface area contributed by atoms with Crippen LogP contribution in [-0.2, 0) is 0 Å². The first-order chi connectivity index (χ1) is 7.84. The molecule has 0 aliphatic carbocycles. The van der Waals surface area contributed by atoms with E-state index < -0.39 is 6.29 Å². The van der Waals surface area contributed by atoms with Gasteiger partial charge in [-0.3, -0.25) is 0 Å². The van der Waals surface area contributed by atoms with Crippen molar-refractivity contribution in [3.63, 3.8) is 0 Å². The molecule has 2 unspecified atom stereocenters. The highest BCUT2D eigenvalue weighted by Crippen LogP contribution is 2.41. The van der Waals surface area contributed by atoms with Gasteiger partial charge in [0.15, 0.2) is 6.29 Å². The predicted molar refractivity (Wildman–Crippen MR) is 63.9 cm³/mol. The Bertz CT molecular complexity index is 478. The molecule has 1 N–H and O–H groups in total. The quantitative estimate of drug-likeness (QED) is 0.819. The monoisotopic (exact) mass is 232 g/mol. The summed E-state index contributed by atoms with van der Waals surface area (Å²) in [6.07, 6.45) is -0.0562. The Hall–Kier alpha value is -1.32. The van der Waals surface area contributed by atoms with Gasteiger partial charge >= 0.3 is 0 Å². The molecule has 0 radical (unpaired) electrons. The normalized spacial score (nSPS) is 23.6. The van der Waals surface area contributed by atoms with Crippen molar-refractivity contribution in [1.82, 2.24) is 0 Å². The fraction of sp³-hybridized carbons (Fsp3) is 0.231. The van der Waals surface area contributed by atoms with Crippen LogP contribution in [0.25, 0.3) is 0 Å². The first-order valence-corrected chi connectivity index (χ1v) is 6.19. The van der Waals surface area contributed by atoms with Gasteiger partial charge in [-0.15, -0.1) is 11.3 Å². The van der Waals surface area contributed by atoms with Crippen molar-refractivity contribution < 1.29 is 9.84 Å². The van der Waals surface area contributed by atoms with Crippen molar-refractivity contribution in [3.8, 4) is 5.75 Å². The summed E-state index contributed by atoms with van der Waals surface area (Å²) in [5.74, 6) is 1.07. The van der Waals surface area contributed by atoms with E-state index in [1.807, 2.05) is 24.3 Å². The van der Waals surface area contributed by atoms with Crippen LogP contribution in [0.3, 0.4) is 0 Å². The SMILES string of the molecule is OC1CC(c2cccs2)c2ccccc2O1. The minimum absolute atomic E-state index is 0.264. The molecule has 3 rings (SSSR count). The maximum absolute atomic E-state index is 9.71. The van der Waals surface area contributed by atoms with E-state index in [0.717, 1.165) is 5.75 Å². The van der Waals surface area contributed by atoms with Crippen LogP contribution in [0.1, 0.15) is 22.8 Å². The number of aliphatic hydroxyl groups is 1. The largest absolute Gasteiger partial charge is 0.465 e. The fourth-order valence-corrected chi connectivity index (χ4v) is 3.02. The number of aliphatic hydroxyl groups excluding tert-OH is 1. The van der Waals surface area contributed by atoms with Crippen LogP contribution in [0.4, 0.5) is 0 Å². The van der Waals surface area contributed by atoms with Gasteiger partial charge in [0, 0.05) is 22.8 Å². The Labute approximate surface area is 98.1 Å². The molecule has 0 fully saturated rings. The standard InChI is InChI=1S/C13H12O2S/c14-13-8-10(12-6-3-7-16-12)9-4-1-2-5-11(9)15-13/h1-7,10,13-14H,8H2. The van der Waals surface area contributed by atoms with E-state index in [2.05, 4.69) is 17.5 Å². The van der Waals surface area contributed by atoms with Crippen LogP contribution in [0, 0.1) is 0 Å². The molecule has 1 aromatic heterocycles. The molecule has 0 saturated heterocycles. The van der Waals surface area contributed by atoms with E-state index in [9.17, 15) is 5.11 Å². The van der Waals surface area contributed by atoms with Gasteiger partial charge in [0.1, 0.15) is 5.75 Å². The zero-order chi connectivity index (χ0) is 11.0. The molecule has 1 aliphatic heterocycles. The Morgan fingerprint density at radius 2 is 2.06 bits per heavy atom. The maximum Gasteiger partial charge on any atom is 0.198 e. The Kier molecular flexibility index (Phi) is 2.42. The topological polar surface area (TPSA) is 29.5 Å². The number of benzene rings is 1. The number of fused-ring (bicyclic) bond motifs is 1. The summed E-state index contributed by atoms with van der Waals surface area (Å²) in [5, 5.41) is 11.8. The van der Waals surface area contributed by atoms with Crippen LogP contribution in [0.15, 0.2) is 41.8 Å². The van der Waals surface area contributed by atoms with Gasteiger partial charge in [0.2, 0.25) is 0 Å². The van der Waals surface area contributed by atoms with Crippen LogP contribution in [0.2, 0.25) is 0 Å². The molecule has 2 nitrogen and oxygen atoms in total. The molecule has 1 aromatic carbocycles. The maximum atomic E-state index is 9.71. The molecule has 0 spiro atoms. The first-order valence-electron chi connectivity index (χ1n) is 5.31. The summed E-state index contributed by atoms with van der Waals surface area (Å²) in [6.45, 7) is 0. The second-order valence-electron chi connectivity index (χ2n) is 3.91. The first kappa shape index (κ1) is 9.87. The summed E-state index contributed by atoms with van der Waals surface area (Å²) in [4.78, 5) is 1.29. The lowest BCUT2D eigenvalue weighted by Crippen LogP contribution is -2.25. The smallest absolute Gasteiger partial charge is 0.198 e. The summed E-state index contributed by atoms with van der Waals surface area (Å²) < 4.78 is 5.42. The lowest BCUT2D eigenvalue weighted by atomic mass is 9.91. The van der Waals surface area contributed by atoms with Gasteiger partial charge < -0.3 is 9.84 Å². The van der Waals surface area contributed by atoms with Gasteiger partial charge in [-0.1, -0.05) is 24.3 Å². The van der Waals surface area contributed by atoms with E-state index in [-0.39, 0.29) is 5.92 Å². The highest BCUT2D eigenvalue weighted by atomic mass is 32.1. The van der Waals surface area contributed by atoms with Crippen molar-refractivity contribution in [2.75, 3.05) is 0 Å². The van der Waals surface area contributed by atoms with E-state index in [1.165, 1.54) is 10.4 Å². The van der Waals surface area contributed by atoms with Gasteiger partial charge in [0.25, 0.3) is 0 Å². The van der Waals surface area contributed by atoms with Crippen LogP contribution < -0.4 is 4.74 Å². The van der Waals surface area contributed by atoms with Gasteiger partial charge in [-0.05, 0) is 17.5 Å². The Morgan fingerprint density at radius 3 is 2.88 bits per heavy atom. The molecule has 82 valence electrons. The predicted octanol–water partition coefficient (Wildman–Crippen LogP) is 2.98. The second kappa shape index (κ2) is 3.92. The highest BCUT2D eigenvalue weighted by molar-refractivity contribution is 7.10. The average molecular weight is 232 g/mol. The van der Waals surface area contributed by atoms with Crippen molar-refractivity contribution in [3.05, 3.63) is 52.2 Å². The lowest BCUT2D eigenvalue weighted by molar-refractivity contribution is -0.0356. The van der Waals surface area contributed by atoms with E-state index in [0.29, 0.717) is 6.42 Å². The molecule has 16 heavy (non-hydrogen) atoms. The van der Waals surface area contributed by atoms with Crippen LogP contribution in [-0.4, -0.2) is 11.4 Å². The highest BCUT2D eigenvalue weighted by Gasteiger charge is 2.28. The average Bonchev–Trinajstić information content (AvgIpc) is 2.81. The minimum Gasteiger partial charge on any atom is -0.465 e. The summed E-state index contributed by atoms with van der Waals surface area (Å²) >= 11 is 1.73. The third-order valence-corrected chi connectivity index (χ3v) is 3.87. The lowest BCUT2D eigenvalue weighted by Gasteiger charge is -2.28. The number of thiophene rings is 1. The number of rotatable bonds is 1. The molecule has 0 bridgehead atoms. The summed E-state index contributed by atoms with van der Waals surface area (Å²) in [7, 11) is 0. The Morgan fingerprint density at radius 1 is 1.19 bits per heavy atom. The van der Waals surface area contributed by atoms with E-state index in [4.69, 9.17) is 4.74 Å². The second-order valence-corrected chi connectivity index (χ2v) is 4.89. The number of hydrogen-bond acceptors (Lipinski definition) is 3.